The van der Waals surface area contributed by atoms with Crippen molar-refractivity contribution >= 4 is 27.4 Å². The number of nitrogens with one attached hydrogen (secondary N) is 1. The number of hydrogen-bond donors (Lipinski definition) is 1. The SMILES string of the molecule is O=C(Nc1cccc(OC(=O)c2ccc(S(=O)(=O)c3ccccc3)cc2)c1)c1ccccc1. The first-order valence-electron chi connectivity index (χ1n) is 10.0. The highest BCUT2D eigenvalue weighted by Crippen LogP contribution is 2.22. The number of anilines is 1. The molecular weight excluding hydrogens is 438 g/mol. The molecule has 0 atom stereocenters. The van der Waals surface area contributed by atoms with E-state index < -0.39 is 15.8 Å². The summed E-state index contributed by atoms with van der Waals surface area (Å²) in [5.74, 6) is -0.689. The highest BCUT2D eigenvalue weighted by molar-refractivity contribution is 7.91. The number of rotatable bonds is 6. The van der Waals surface area contributed by atoms with Crippen LogP contribution in [0.25, 0.3) is 0 Å². The molecule has 7 heteroatoms. The molecular formula is C26H19NO5S. The number of sulfone groups is 1. The summed E-state index contributed by atoms with van der Waals surface area (Å²) in [6.07, 6.45) is 0. The highest BCUT2D eigenvalue weighted by Gasteiger charge is 2.18. The van der Waals surface area contributed by atoms with E-state index in [4.69, 9.17) is 4.74 Å². The zero-order valence-corrected chi connectivity index (χ0v) is 18.2. The van der Waals surface area contributed by atoms with Gasteiger partial charge in [0.2, 0.25) is 9.84 Å². The Morgan fingerprint density at radius 2 is 1.24 bits per heavy atom. The van der Waals surface area contributed by atoms with Gasteiger partial charge < -0.3 is 10.1 Å². The average molecular weight is 458 g/mol. The molecule has 1 N–H and O–H groups in total. The Hall–Kier alpha value is -4.23. The van der Waals surface area contributed by atoms with Gasteiger partial charge in [0, 0.05) is 17.3 Å². The molecule has 0 aliphatic carbocycles. The molecule has 164 valence electrons. The van der Waals surface area contributed by atoms with Crippen molar-refractivity contribution in [2.45, 2.75) is 9.79 Å². The molecule has 0 saturated carbocycles. The van der Waals surface area contributed by atoms with Crippen LogP contribution in [0.5, 0.6) is 5.75 Å². The fourth-order valence-corrected chi connectivity index (χ4v) is 4.38. The molecule has 4 aromatic carbocycles. The van der Waals surface area contributed by atoms with Crippen molar-refractivity contribution < 1.29 is 22.7 Å². The number of amides is 1. The van der Waals surface area contributed by atoms with Gasteiger partial charge in [0.15, 0.2) is 0 Å². The van der Waals surface area contributed by atoms with Gasteiger partial charge in [-0.25, -0.2) is 13.2 Å². The molecule has 0 aliphatic rings. The summed E-state index contributed by atoms with van der Waals surface area (Å²) in [7, 11) is -3.67. The van der Waals surface area contributed by atoms with Gasteiger partial charge in [-0.3, -0.25) is 4.79 Å². The monoisotopic (exact) mass is 457 g/mol. The Bertz CT molecular complexity index is 1380. The summed E-state index contributed by atoms with van der Waals surface area (Å²) < 4.78 is 30.8. The normalized spacial score (nSPS) is 10.9. The largest absolute Gasteiger partial charge is 0.423 e. The van der Waals surface area contributed by atoms with Crippen LogP contribution in [-0.2, 0) is 9.84 Å². The van der Waals surface area contributed by atoms with Crippen LogP contribution in [-0.4, -0.2) is 20.3 Å². The molecule has 0 heterocycles. The number of esters is 1. The molecule has 33 heavy (non-hydrogen) atoms. The maximum atomic E-state index is 12.7. The summed E-state index contributed by atoms with van der Waals surface area (Å²) in [5.41, 5.74) is 1.17. The lowest BCUT2D eigenvalue weighted by molar-refractivity contribution is 0.0734. The van der Waals surface area contributed by atoms with E-state index in [0.717, 1.165) is 0 Å². The molecule has 0 unspecified atom stereocenters. The molecule has 4 rings (SSSR count). The fraction of sp³-hybridized carbons (Fsp3) is 0. The van der Waals surface area contributed by atoms with Gasteiger partial charge in [-0.1, -0.05) is 42.5 Å². The fourth-order valence-electron chi connectivity index (χ4n) is 3.10. The second kappa shape index (κ2) is 9.50. The number of ether oxygens (including phenoxy) is 1. The number of carbonyl (C=O) groups is 2. The summed E-state index contributed by atoms with van der Waals surface area (Å²) in [4.78, 5) is 25.1. The zero-order valence-electron chi connectivity index (χ0n) is 17.3. The highest BCUT2D eigenvalue weighted by atomic mass is 32.2. The van der Waals surface area contributed by atoms with Crippen molar-refractivity contribution in [1.29, 1.82) is 0 Å². The standard InChI is InChI=1S/C26H19NO5S/c28-25(19-8-3-1-4-9-19)27-21-10-7-11-22(18-21)32-26(29)20-14-16-24(17-15-20)33(30,31)23-12-5-2-6-13-23/h1-18H,(H,27,28). The first-order chi connectivity index (χ1) is 15.9. The minimum absolute atomic E-state index is 0.0795. The van der Waals surface area contributed by atoms with Crippen LogP contribution in [0.1, 0.15) is 20.7 Å². The molecule has 4 aromatic rings. The Kier molecular flexibility index (Phi) is 6.33. The Morgan fingerprint density at radius 3 is 1.91 bits per heavy atom. The quantitative estimate of drug-likeness (QED) is 0.325. The minimum Gasteiger partial charge on any atom is -0.423 e. The minimum atomic E-state index is -3.67. The molecule has 0 fully saturated rings. The third-order valence-corrected chi connectivity index (χ3v) is 6.58. The lowest BCUT2D eigenvalue weighted by Gasteiger charge is -2.09. The van der Waals surface area contributed by atoms with Gasteiger partial charge in [-0.05, 0) is 60.7 Å². The predicted octanol–water partition coefficient (Wildman–Crippen LogP) is 4.99. The Labute approximate surface area is 191 Å². The lowest BCUT2D eigenvalue weighted by atomic mass is 10.2. The molecule has 0 bridgehead atoms. The van der Waals surface area contributed by atoms with E-state index in [9.17, 15) is 18.0 Å². The summed E-state index contributed by atoms with van der Waals surface area (Å²) in [6, 6.07) is 28.8. The van der Waals surface area contributed by atoms with Crippen molar-refractivity contribution in [3.05, 3.63) is 120 Å². The number of carbonyl (C=O) groups excluding carboxylic acids is 2. The topological polar surface area (TPSA) is 89.5 Å². The van der Waals surface area contributed by atoms with Crippen molar-refractivity contribution in [3.63, 3.8) is 0 Å². The van der Waals surface area contributed by atoms with Crippen LogP contribution in [0, 0.1) is 0 Å². The van der Waals surface area contributed by atoms with Gasteiger partial charge >= 0.3 is 5.97 Å². The van der Waals surface area contributed by atoms with E-state index in [1.54, 1.807) is 60.7 Å². The molecule has 1 amide bonds. The van der Waals surface area contributed by atoms with Gasteiger partial charge in [0.1, 0.15) is 5.75 Å². The zero-order chi connectivity index (χ0) is 23.3. The van der Waals surface area contributed by atoms with E-state index in [2.05, 4.69) is 5.32 Å². The second-order valence-corrected chi connectivity index (χ2v) is 9.03. The average Bonchev–Trinajstić information content (AvgIpc) is 2.85. The predicted molar refractivity (Wildman–Crippen MR) is 124 cm³/mol. The van der Waals surface area contributed by atoms with Gasteiger partial charge in [-0.15, -0.1) is 0 Å². The third-order valence-electron chi connectivity index (χ3n) is 4.79. The van der Waals surface area contributed by atoms with Gasteiger partial charge in [0.25, 0.3) is 5.91 Å². The smallest absolute Gasteiger partial charge is 0.343 e. The summed E-state index contributed by atoms with van der Waals surface area (Å²) >= 11 is 0. The molecule has 0 spiro atoms. The number of benzene rings is 4. The first-order valence-corrected chi connectivity index (χ1v) is 11.5. The lowest BCUT2D eigenvalue weighted by Crippen LogP contribution is -2.12. The molecule has 0 radical (unpaired) electrons. The van der Waals surface area contributed by atoms with Gasteiger partial charge in [-0.2, -0.15) is 0 Å². The van der Waals surface area contributed by atoms with Crippen molar-refractivity contribution in [3.8, 4) is 5.75 Å². The molecule has 0 aliphatic heterocycles. The van der Waals surface area contributed by atoms with Crippen molar-refractivity contribution in [2.75, 3.05) is 5.32 Å². The summed E-state index contributed by atoms with van der Waals surface area (Å²) in [5, 5.41) is 2.75. The van der Waals surface area contributed by atoms with E-state index in [0.29, 0.717) is 11.3 Å². The van der Waals surface area contributed by atoms with Crippen molar-refractivity contribution in [1.82, 2.24) is 0 Å². The van der Waals surface area contributed by atoms with Crippen LogP contribution in [0.4, 0.5) is 5.69 Å². The number of hydrogen-bond acceptors (Lipinski definition) is 5. The second-order valence-electron chi connectivity index (χ2n) is 7.08. The van der Waals surface area contributed by atoms with Crippen molar-refractivity contribution in [2.24, 2.45) is 0 Å². The van der Waals surface area contributed by atoms with E-state index in [-0.39, 0.29) is 27.0 Å². The van der Waals surface area contributed by atoms with Crippen LogP contribution in [0.15, 0.2) is 119 Å². The molecule has 0 aromatic heterocycles. The van der Waals surface area contributed by atoms with E-state index in [1.165, 1.54) is 42.5 Å². The molecule has 0 saturated heterocycles. The van der Waals surface area contributed by atoms with E-state index in [1.807, 2.05) is 6.07 Å². The molecule has 6 nitrogen and oxygen atoms in total. The van der Waals surface area contributed by atoms with Crippen LogP contribution in [0.3, 0.4) is 0 Å². The van der Waals surface area contributed by atoms with Crippen LogP contribution in [0.2, 0.25) is 0 Å². The van der Waals surface area contributed by atoms with Crippen LogP contribution >= 0.6 is 0 Å². The first kappa shape index (κ1) is 22.0. The van der Waals surface area contributed by atoms with E-state index >= 15 is 0 Å². The van der Waals surface area contributed by atoms with Crippen LogP contribution < -0.4 is 10.1 Å². The summed E-state index contributed by atoms with van der Waals surface area (Å²) in [6.45, 7) is 0. The third kappa shape index (κ3) is 5.16. The Morgan fingerprint density at radius 1 is 0.636 bits per heavy atom. The van der Waals surface area contributed by atoms with Gasteiger partial charge in [0.05, 0.1) is 15.4 Å². The maximum Gasteiger partial charge on any atom is 0.343 e. The maximum absolute atomic E-state index is 12.7. The Balaban J connectivity index is 1.45.